The van der Waals surface area contributed by atoms with Gasteiger partial charge in [0.25, 0.3) is 5.56 Å². The Balaban J connectivity index is 1.92. The second kappa shape index (κ2) is 7.49. The normalized spacial score (nSPS) is 10.9. The van der Waals surface area contributed by atoms with Crippen LogP contribution in [0.4, 0.5) is 4.79 Å². The van der Waals surface area contributed by atoms with Crippen molar-refractivity contribution in [3.8, 4) is 0 Å². The molecule has 0 unspecified atom stereocenters. The van der Waals surface area contributed by atoms with Gasteiger partial charge in [-0.1, -0.05) is 38.1 Å². The van der Waals surface area contributed by atoms with Crippen LogP contribution in [-0.4, -0.2) is 26.9 Å². The highest BCUT2D eigenvalue weighted by Crippen LogP contribution is 2.17. The molecule has 7 heteroatoms. The number of benzene rings is 2. The van der Waals surface area contributed by atoms with Gasteiger partial charge in [-0.15, -0.1) is 0 Å². The van der Waals surface area contributed by atoms with Gasteiger partial charge in [0.15, 0.2) is 0 Å². The van der Waals surface area contributed by atoms with E-state index in [0.717, 1.165) is 34.2 Å². The van der Waals surface area contributed by atoms with Gasteiger partial charge in [-0.3, -0.25) is 9.89 Å². The number of amides is 1. The Morgan fingerprint density at radius 2 is 1.70 bits per heavy atom. The van der Waals surface area contributed by atoms with Crippen molar-refractivity contribution < 1.29 is 14.7 Å². The molecule has 0 fully saturated rings. The number of para-hydroxylation sites is 1. The van der Waals surface area contributed by atoms with Crippen molar-refractivity contribution in [3.63, 3.8) is 0 Å². The molecule has 3 aromatic rings. The number of aromatic amines is 1. The first-order valence-electron chi connectivity index (χ1n) is 8.82. The monoisotopic (exact) mass is 367 g/mol. The van der Waals surface area contributed by atoms with Gasteiger partial charge in [0.05, 0.1) is 16.5 Å². The Bertz CT molecular complexity index is 1060. The van der Waals surface area contributed by atoms with Gasteiger partial charge in [-0.2, -0.15) is 4.68 Å². The smallest absolute Gasteiger partial charge is 0.343 e. The zero-order valence-electron chi connectivity index (χ0n) is 15.2. The standard InChI is InChI=1S/C20H21N3O4/c1-3-12-7-5-8-13(4-2)16(12)11-21-20(27)23-18(24)14-9-6-10-15(19(25)26)17(14)22-23/h5-10,22H,3-4,11H2,1-2H3,(H,21,27)(H,25,26). The maximum absolute atomic E-state index is 12.6. The summed E-state index contributed by atoms with van der Waals surface area (Å²) in [5, 5.41) is 14.8. The summed E-state index contributed by atoms with van der Waals surface area (Å²) in [4.78, 5) is 36.4. The van der Waals surface area contributed by atoms with Crippen LogP contribution in [0.2, 0.25) is 0 Å². The fourth-order valence-electron chi connectivity index (χ4n) is 3.28. The average Bonchev–Trinajstić information content (AvgIpc) is 3.02. The van der Waals surface area contributed by atoms with Gasteiger partial charge in [0.2, 0.25) is 0 Å². The number of aromatic nitrogens is 2. The minimum absolute atomic E-state index is 0.0549. The largest absolute Gasteiger partial charge is 0.478 e. The van der Waals surface area contributed by atoms with E-state index >= 15 is 0 Å². The molecular formula is C20H21N3O4. The van der Waals surface area contributed by atoms with Crippen LogP contribution in [0, 0.1) is 0 Å². The molecule has 140 valence electrons. The third-order valence-corrected chi connectivity index (χ3v) is 4.70. The van der Waals surface area contributed by atoms with Crippen molar-refractivity contribution in [1.82, 2.24) is 15.1 Å². The van der Waals surface area contributed by atoms with E-state index in [0.29, 0.717) is 6.54 Å². The maximum Gasteiger partial charge on any atom is 0.343 e. The van der Waals surface area contributed by atoms with Crippen LogP contribution in [0.15, 0.2) is 41.2 Å². The number of carboxylic acids is 1. The molecule has 3 rings (SSSR count). The highest BCUT2D eigenvalue weighted by atomic mass is 16.4. The van der Waals surface area contributed by atoms with Crippen LogP contribution < -0.4 is 10.9 Å². The first-order valence-corrected chi connectivity index (χ1v) is 8.82. The van der Waals surface area contributed by atoms with E-state index in [9.17, 15) is 19.5 Å². The van der Waals surface area contributed by atoms with Gasteiger partial charge < -0.3 is 10.4 Å². The highest BCUT2D eigenvalue weighted by molar-refractivity contribution is 6.02. The molecule has 1 heterocycles. The lowest BCUT2D eigenvalue weighted by Gasteiger charge is -2.13. The summed E-state index contributed by atoms with van der Waals surface area (Å²) in [6, 6.07) is 9.77. The number of carbonyl (C=O) groups is 2. The van der Waals surface area contributed by atoms with Crippen molar-refractivity contribution >= 4 is 22.9 Å². The maximum atomic E-state index is 12.6. The van der Waals surface area contributed by atoms with Crippen LogP contribution in [0.3, 0.4) is 0 Å². The first-order chi connectivity index (χ1) is 13.0. The summed E-state index contributed by atoms with van der Waals surface area (Å²) in [6.45, 7) is 4.39. The molecule has 0 aliphatic carbocycles. The third-order valence-electron chi connectivity index (χ3n) is 4.70. The van der Waals surface area contributed by atoms with Crippen molar-refractivity contribution in [3.05, 3.63) is 69.0 Å². The zero-order chi connectivity index (χ0) is 19.6. The molecule has 0 saturated carbocycles. The van der Waals surface area contributed by atoms with Crippen LogP contribution in [0.25, 0.3) is 10.9 Å². The van der Waals surface area contributed by atoms with Gasteiger partial charge in [-0.05, 0) is 41.7 Å². The molecule has 0 radical (unpaired) electrons. The number of nitrogens with one attached hydrogen (secondary N) is 2. The molecule has 3 N–H and O–H groups in total. The van der Waals surface area contributed by atoms with Crippen LogP contribution in [0.5, 0.6) is 0 Å². The molecule has 0 spiro atoms. The fourth-order valence-corrected chi connectivity index (χ4v) is 3.28. The highest BCUT2D eigenvalue weighted by Gasteiger charge is 2.18. The van der Waals surface area contributed by atoms with Crippen LogP contribution in [-0.2, 0) is 19.4 Å². The Kier molecular flexibility index (Phi) is 5.12. The first kappa shape index (κ1) is 18.4. The van der Waals surface area contributed by atoms with E-state index in [1.165, 1.54) is 18.2 Å². The summed E-state index contributed by atoms with van der Waals surface area (Å²) in [6.07, 6.45) is 1.68. The zero-order valence-corrected chi connectivity index (χ0v) is 15.2. The lowest BCUT2D eigenvalue weighted by Crippen LogP contribution is -2.35. The Labute approximate surface area is 155 Å². The summed E-state index contributed by atoms with van der Waals surface area (Å²) in [5.74, 6) is -1.17. The number of hydrogen-bond acceptors (Lipinski definition) is 3. The molecule has 0 saturated heterocycles. The quantitative estimate of drug-likeness (QED) is 0.645. The Morgan fingerprint density at radius 3 is 2.30 bits per heavy atom. The molecule has 1 aromatic heterocycles. The number of rotatable bonds is 5. The van der Waals surface area contributed by atoms with Gasteiger partial charge >= 0.3 is 12.0 Å². The number of carbonyl (C=O) groups excluding carboxylic acids is 1. The average molecular weight is 367 g/mol. The predicted molar refractivity (Wildman–Crippen MR) is 102 cm³/mol. The summed E-state index contributed by atoms with van der Waals surface area (Å²) in [7, 11) is 0. The minimum atomic E-state index is -1.17. The Morgan fingerprint density at radius 1 is 1.07 bits per heavy atom. The predicted octanol–water partition coefficient (Wildman–Crippen LogP) is 2.91. The van der Waals surface area contributed by atoms with Crippen LogP contribution in [0.1, 0.15) is 40.9 Å². The molecule has 0 aliphatic rings. The van der Waals surface area contributed by atoms with Crippen molar-refractivity contribution in [2.75, 3.05) is 0 Å². The van der Waals surface area contributed by atoms with Crippen molar-refractivity contribution in [1.29, 1.82) is 0 Å². The number of carboxylic acid groups (broad SMARTS) is 1. The molecule has 1 amide bonds. The van der Waals surface area contributed by atoms with Gasteiger partial charge in [0, 0.05) is 6.54 Å². The van der Waals surface area contributed by atoms with E-state index in [2.05, 4.69) is 24.3 Å². The summed E-state index contributed by atoms with van der Waals surface area (Å²) >= 11 is 0. The number of hydrogen-bond donors (Lipinski definition) is 3. The fraction of sp³-hybridized carbons (Fsp3) is 0.250. The third kappa shape index (κ3) is 3.36. The van der Waals surface area contributed by atoms with Crippen LogP contribution >= 0.6 is 0 Å². The van der Waals surface area contributed by atoms with E-state index in [4.69, 9.17) is 0 Å². The molecular weight excluding hydrogens is 346 g/mol. The minimum Gasteiger partial charge on any atom is -0.478 e. The second-order valence-corrected chi connectivity index (χ2v) is 6.21. The Hall–Kier alpha value is -3.35. The van der Waals surface area contributed by atoms with E-state index < -0.39 is 17.6 Å². The number of aromatic carboxylic acids is 1. The molecule has 7 nitrogen and oxygen atoms in total. The molecule has 2 aromatic carbocycles. The number of fused-ring (bicyclic) bond motifs is 1. The summed E-state index contributed by atoms with van der Waals surface area (Å²) < 4.78 is 0.817. The van der Waals surface area contributed by atoms with Crippen molar-refractivity contribution in [2.45, 2.75) is 33.2 Å². The molecule has 0 aliphatic heterocycles. The molecule has 0 bridgehead atoms. The number of H-pyrrole nitrogens is 1. The SMILES string of the molecule is CCc1cccc(CC)c1CNC(=O)n1[nH]c2c(C(=O)O)cccc2c1=O. The van der Waals surface area contributed by atoms with E-state index in [1.807, 2.05) is 18.2 Å². The van der Waals surface area contributed by atoms with Crippen molar-refractivity contribution in [2.24, 2.45) is 0 Å². The van der Waals surface area contributed by atoms with Gasteiger partial charge in [0.1, 0.15) is 0 Å². The second-order valence-electron chi connectivity index (χ2n) is 6.21. The number of aryl methyl sites for hydroxylation is 2. The number of nitrogens with zero attached hydrogens (tertiary/aromatic N) is 1. The van der Waals surface area contributed by atoms with E-state index in [1.54, 1.807) is 0 Å². The van der Waals surface area contributed by atoms with E-state index in [-0.39, 0.29) is 16.5 Å². The molecule has 27 heavy (non-hydrogen) atoms. The lowest BCUT2D eigenvalue weighted by atomic mass is 9.97. The lowest BCUT2D eigenvalue weighted by molar-refractivity contribution is 0.0698. The van der Waals surface area contributed by atoms with Gasteiger partial charge in [-0.25, -0.2) is 9.59 Å². The topological polar surface area (TPSA) is 104 Å². The summed E-state index contributed by atoms with van der Waals surface area (Å²) in [5.41, 5.74) is 2.84. The molecule has 0 atom stereocenters.